The van der Waals surface area contributed by atoms with Crippen molar-refractivity contribution < 1.29 is 18.9 Å². The van der Waals surface area contributed by atoms with E-state index in [-0.39, 0.29) is 18.4 Å². The number of nitrogens with zero attached hydrogens (tertiary/aromatic N) is 1. The van der Waals surface area contributed by atoms with E-state index < -0.39 is 0 Å². The molecule has 4 heteroatoms. The summed E-state index contributed by atoms with van der Waals surface area (Å²) < 4.78 is 6.46. The number of ketones is 1. The second-order valence-corrected chi connectivity index (χ2v) is 3.86. The number of rotatable bonds is 5. The van der Waals surface area contributed by atoms with Crippen LogP contribution >= 0.6 is 0 Å². The first kappa shape index (κ1) is 12.1. The Balaban J connectivity index is 2.03. The third kappa shape index (κ3) is 3.05. The van der Waals surface area contributed by atoms with Gasteiger partial charge in [-0.2, -0.15) is 4.58 Å². The number of ether oxygens (including phenoxy) is 1. The first-order chi connectivity index (χ1) is 8.79. The lowest BCUT2D eigenvalue weighted by Gasteiger charge is -2.08. The molecule has 4 nitrogen and oxygen atoms in total. The van der Waals surface area contributed by atoms with Gasteiger partial charge in [0.25, 0.3) is 6.47 Å². The van der Waals surface area contributed by atoms with Crippen LogP contribution in [0.2, 0.25) is 0 Å². The van der Waals surface area contributed by atoms with Gasteiger partial charge in [0.2, 0.25) is 18.2 Å². The van der Waals surface area contributed by atoms with Crippen LogP contribution in [0.3, 0.4) is 0 Å². The molecule has 0 saturated heterocycles. The molecule has 1 aromatic rings. The van der Waals surface area contributed by atoms with Gasteiger partial charge in [0.1, 0.15) is 0 Å². The summed E-state index contributed by atoms with van der Waals surface area (Å²) >= 11 is 0. The molecule has 0 bridgehead atoms. The summed E-state index contributed by atoms with van der Waals surface area (Å²) in [6.07, 6.45) is 1.24. The fourth-order valence-corrected chi connectivity index (χ4v) is 1.68. The molecule has 0 saturated carbocycles. The molecule has 18 heavy (non-hydrogen) atoms. The van der Waals surface area contributed by atoms with Gasteiger partial charge in [0, 0.05) is 11.6 Å². The number of carbonyl (C=O) groups excluding carboxylic acids is 2. The van der Waals surface area contributed by atoms with E-state index in [1.165, 1.54) is 0 Å². The predicted molar refractivity (Wildman–Crippen MR) is 64.8 cm³/mol. The molecule has 0 amide bonds. The number of carbonyl (C=O) groups is 2. The van der Waals surface area contributed by atoms with Crippen LogP contribution in [-0.2, 0) is 9.53 Å². The van der Waals surface area contributed by atoms with Gasteiger partial charge in [-0.05, 0) is 5.73 Å². The Morgan fingerprint density at radius 1 is 1.44 bits per heavy atom. The zero-order chi connectivity index (χ0) is 12.8. The maximum absolute atomic E-state index is 11.9. The normalized spacial score (nSPS) is 17.1. The highest BCUT2D eigenvalue weighted by atomic mass is 16.5. The Labute approximate surface area is 105 Å². The number of hydrogen-bond donors (Lipinski definition) is 0. The first-order valence-electron chi connectivity index (χ1n) is 5.56. The number of hydrogen-bond acceptors (Lipinski definition) is 3. The van der Waals surface area contributed by atoms with Crippen molar-refractivity contribution >= 4 is 18.1 Å². The Hall–Kier alpha value is -2.41. The first-order valence-corrected chi connectivity index (χ1v) is 5.56. The van der Waals surface area contributed by atoms with Gasteiger partial charge in [-0.1, -0.05) is 30.3 Å². The van der Waals surface area contributed by atoms with Gasteiger partial charge in [0.05, 0.1) is 0 Å². The Kier molecular flexibility index (Phi) is 3.87. The van der Waals surface area contributed by atoms with Gasteiger partial charge in [0.15, 0.2) is 12.6 Å². The fraction of sp³-hybridized carbons (Fsp3) is 0.214. The van der Waals surface area contributed by atoms with Gasteiger partial charge in [-0.25, -0.2) is 0 Å². The van der Waals surface area contributed by atoms with Crippen molar-refractivity contribution in [3.8, 4) is 0 Å². The topological polar surface area (TPSA) is 46.4 Å². The monoisotopic (exact) mass is 242 g/mol. The molecule has 0 N–H and O–H groups in total. The lowest BCUT2D eigenvalue weighted by atomic mass is 10.1. The van der Waals surface area contributed by atoms with Crippen LogP contribution < -0.4 is 0 Å². The molecule has 0 aromatic heterocycles. The highest BCUT2D eigenvalue weighted by molar-refractivity contribution is 5.96. The Morgan fingerprint density at radius 2 is 2.22 bits per heavy atom. The van der Waals surface area contributed by atoms with E-state index in [2.05, 4.69) is 11.6 Å². The molecule has 1 heterocycles. The average Bonchev–Trinajstić information content (AvgIpc) is 2.40. The van der Waals surface area contributed by atoms with Crippen molar-refractivity contribution in [1.29, 1.82) is 0 Å². The predicted octanol–water partition coefficient (Wildman–Crippen LogP) is 0.818. The van der Waals surface area contributed by atoms with Crippen molar-refractivity contribution in [3.63, 3.8) is 0 Å². The van der Waals surface area contributed by atoms with E-state index in [0.717, 1.165) is 0 Å². The highest BCUT2D eigenvalue weighted by Crippen LogP contribution is 2.02. The lowest BCUT2D eigenvalue weighted by molar-refractivity contribution is -0.515. The van der Waals surface area contributed by atoms with Crippen LogP contribution in [0.1, 0.15) is 10.4 Å². The smallest absolute Gasteiger partial charge is 0.293 e. The van der Waals surface area contributed by atoms with Gasteiger partial charge >= 0.3 is 0 Å². The van der Waals surface area contributed by atoms with Crippen LogP contribution in [-0.4, -0.2) is 41.9 Å². The minimum atomic E-state index is -0.368. The van der Waals surface area contributed by atoms with Crippen LogP contribution in [0.5, 0.6) is 0 Å². The summed E-state index contributed by atoms with van der Waals surface area (Å²) in [5, 5.41) is 0. The maximum Gasteiger partial charge on any atom is 0.293 e. The lowest BCUT2D eigenvalue weighted by Crippen LogP contribution is -2.30. The molecule has 0 radical (unpaired) electrons. The molecule has 1 atom stereocenters. The fourth-order valence-electron chi connectivity index (χ4n) is 1.68. The van der Waals surface area contributed by atoms with Crippen LogP contribution in [0.4, 0.5) is 0 Å². The maximum atomic E-state index is 11.9. The third-order valence-corrected chi connectivity index (χ3v) is 2.55. The summed E-state index contributed by atoms with van der Waals surface area (Å²) in [6.45, 7) is 1.01. The molecular weight excluding hydrogens is 230 g/mol. The molecule has 1 aromatic carbocycles. The van der Waals surface area contributed by atoms with Crippen LogP contribution in [0, 0.1) is 0 Å². The minimum Gasteiger partial charge on any atom is -0.453 e. The summed E-state index contributed by atoms with van der Waals surface area (Å²) in [7, 11) is 0. The van der Waals surface area contributed by atoms with E-state index in [1.54, 1.807) is 22.8 Å². The van der Waals surface area contributed by atoms with E-state index in [4.69, 9.17) is 4.74 Å². The second-order valence-electron chi connectivity index (χ2n) is 3.86. The summed E-state index contributed by atoms with van der Waals surface area (Å²) in [5.74, 6) is 2.82. The third-order valence-electron chi connectivity index (χ3n) is 2.55. The molecule has 1 unspecified atom stereocenters. The van der Waals surface area contributed by atoms with Gasteiger partial charge in [-0.3, -0.25) is 9.59 Å². The van der Waals surface area contributed by atoms with Gasteiger partial charge < -0.3 is 4.74 Å². The zero-order valence-electron chi connectivity index (χ0n) is 9.70. The highest BCUT2D eigenvalue weighted by Gasteiger charge is 2.20. The molecule has 0 fully saturated rings. The minimum absolute atomic E-state index is 0.00310. The Bertz CT molecular complexity index is 550. The molecule has 0 spiro atoms. The van der Waals surface area contributed by atoms with Crippen molar-refractivity contribution in [2.24, 2.45) is 0 Å². The molecule has 1 aliphatic rings. The van der Waals surface area contributed by atoms with Gasteiger partial charge in [-0.15, -0.1) is 0 Å². The zero-order valence-corrected chi connectivity index (χ0v) is 9.70. The van der Waals surface area contributed by atoms with Crippen LogP contribution in [0.25, 0.3) is 0 Å². The molecule has 2 rings (SSSR count). The molecule has 0 aliphatic carbocycles. The summed E-state index contributed by atoms with van der Waals surface area (Å²) in [4.78, 5) is 22.2. The van der Waals surface area contributed by atoms with Crippen molar-refractivity contribution in [1.82, 2.24) is 0 Å². The van der Waals surface area contributed by atoms with Crippen molar-refractivity contribution in [3.05, 3.63) is 47.7 Å². The van der Waals surface area contributed by atoms with Crippen molar-refractivity contribution in [2.75, 3.05) is 13.1 Å². The van der Waals surface area contributed by atoms with E-state index in [1.807, 2.05) is 18.2 Å². The Morgan fingerprint density at radius 3 is 2.94 bits per heavy atom. The summed E-state index contributed by atoms with van der Waals surface area (Å²) in [5.41, 5.74) is 3.40. The second kappa shape index (κ2) is 5.78. The number of benzene rings is 1. The van der Waals surface area contributed by atoms with Crippen molar-refractivity contribution in [2.45, 2.75) is 6.10 Å². The van der Waals surface area contributed by atoms with E-state index in [9.17, 15) is 9.59 Å². The average molecular weight is 242 g/mol. The quantitative estimate of drug-likeness (QED) is 0.332. The molecule has 90 valence electrons. The number of Topliss-reactive ketones (excluding diaryl/α,β-unsaturated/α-hetero) is 1. The standard InChI is InChI=1S/C14H12NO3/c16-11-18-13-7-4-8-15(9-13)10-14(17)12-5-2-1-3-6-12/h1-3,5-7,11,13H,9-10H2/q+1. The largest absolute Gasteiger partial charge is 0.453 e. The summed E-state index contributed by atoms with van der Waals surface area (Å²) in [6, 6.07) is 9.04. The molecular formula is C14H12NO3+. The van der Waals surface area contributed by atoms with Crippen LogP contribution in [0.15, 0.2) is 42.1 Å². The van der Waals surface area contributed by atoms with E-state index >= 15 is 0 Å². The SMILES string of the molecule is O=COC1C=C=C=[N+](CC(=O)c2ccccc2)C1. The van der Waals surface area contributed by atoms with E-state index in [0.29, 0.717) is 18.6 Å². The molecule has 1 aliphatic heterocycles.